The van der Waals surface area contributed by atoms with Gasteiger partial charge in [-0.25, -0.2) is 0 Å². The first kappa shape index (κ1) is 15.9. The van der Waals surface area contributed by atoms with Crippen molar-refractivity contribution in [2.24, 2.45) is 0 Å². The summed E-state index contributed by atoms with van der Waals surface area (Å²) >= 11 is 0. The molecule has 0 bridgehead atoms. The van der Waals surface area contributed by atoms with Gasteiger partial charge >= 0.3 is 5.97 Å². The molecule has 0 aliphatic heterocycles. The van der Waals surface area contributed by atoms with Gasteiger partial charge in [-0.05, 0) is 45.7 Å². The maximum atomic E-state index is 12.3. The van der Waals surface area contributed by atoms with Crippen LogP contribution in [0.25, 0.3) is 0 Å². The molecule has 0 heterocycles. The Balaban J connectivity index is 2.64. The second-order valence-electron chi connectivity index (χ2n) is 5.61. The third kappa shape index (κ3) is 5.15. The lowest BCUT2D eigenvalue weighted by atomic mass is 10.2. The van der Waals surface area contributed by atoms with Gasteiger partial charge in [0, 0.05) is 10.6 Å². The molecule has 0 aliphatic rings. The topological polar surface area (TPSA) is 43.4 Å². The number of hydrogen-bond acceptors (Lipinski definition) is 3. The summed E-state index contributed by atoms with van der Waals surface area (Å²) in [4.78, 5) is 12.4. The normalized spacial score (nSPS) is 13.1. The van der Waals surface area contributed by atoms with E-state index in [-0.39, 0.29) is 12.4 Å². The Labute approximate surface area is 117 Å². The first-order chi connectivity index (χ1) is 8.70. The van der Waals surface area contributed by atoms with E-state index < -0.39 is 16.4 Å². The zero-order valence-corrected chi connectivity index (χ0v) is 13.1. The molecule has 1 atom stereocenters. The first-order valence-corrected chi connectivity index (χ1v) is 7.69. The van der Waals surface area contributed by atoms with Gasteiger partial charge in [-0.3, -0.25) is 9.00 Å². The van der Waals surface area contributed by atoms with Crippen molar-refractivity contribution >= 4 is 16.8 Å². The average Bonchev–Trinajstić information content (AvgIpc) is 2.23. The van der Waals surface area contributed by atoms with Crippen molar-refractivity contribution in [3.05, 3.63) is 29.3 Å². The molecule has 0 radical (unpaired) electrons. The quantitative estimate of drug-likeness (QED) is 0.797. The molecule has 0 aliphatic carbocycles. The summed E-state index contributed by atoms with van der Waals surface area (Å²) in [6, 6.07) is 5.82. The second kappa shape index (κ2) is 6.33. The Kier molecular flexibility index (Phi) is 5.29. The molecule has 0 saturated heterocycles. The summed E-state index contributed by atoms with van der Waals surface area (Å²) in [5.41, 5.74) is 1.52. The van der Waals surface area contributed by atoms with E-state index >= 15 is 0 Å². The van der Waals surface area contributed by atoms with Crippen molar-refractivity contribution in [3.8, 4) is 0 Å². The Morgan fingerprint density at radius 3 is 2.21 bits per heavy atom. The van der Waals surface area contributed by atoms with E-state index in [1.807, 2.05) is 52.8 Å². The van der Waals surface area contributed by atoms with Crippen molar-refractivity contribution < 1.29 is 13.7 Å². The Bertz CT molecular complexity index is 466. The van der Waals surface area contributed by atoms with Crippen molar-refractivity contribution in [3.63, 3.8) is 0 Å². The summed E-state index contributed by atoms with van der Waals surface area (Å²) < 4.78 is 17.5. The Morgan fingerprint density at radius 2 is 1.74 bits per heavy atom. The number of hydrogen-bond donors (Lipinski definition) is 0. The van der Waals surface area contributed by atoms with E-state index in [1.165, 1.54) is 0 Å². The van der Waals surface area contributed by atoms with Crippen LogP contribution in [0.5, 0.6) is 0 Å². The number of ether oxygens (including phenoxy) is 1. The highest BCUT2D eigenvalue weighted by molar-refractivity contribution is 7.85. The number of esters is 1. The van der Waals surface area contributed by atoms with Crippen LogP contribution in [0.2, 0.25) is 0 Å². The van der Waals surface area contributed by atoms with Crippen LogP contribution < -0.4 is 0 Å². The maximum Gasteiger partial charge on any atom is 0.307 e. The van der Waals surface area contributed by atoms with Crippen LogP contribution in [-0.2, 0) is 20.3 Å². The molecule has 0 spiro atoms. The molecular weight excluding hydrogens is 260 g/mol. The standard InChI is InChI=1S/C15H22O3S/c1-11-7-6-8-12(2)14(11)19(17)10-9-13(16)18-15(3,4)5/h6-8H,9-10H2,1-5H3. The molecule has 1 rings (SSSR count). The van der Waals surface area contributed by atoms with Gasteiger partial charge in [0.25, 0.3) is 0 Å². The van der Waals surface area contributed by atoms with Crippen molar-refractivity contribution in [1.82, 2.24) is 0 Å². The lowest BCUT2D eigenvalue weighted by Crippen LogP contribution is -2.24. The molecule has 1 aromatic rings. The zero-order valence-electron chi connectivity index (χ0n) is 12.3. The van der Waals surface area contributed by atoms with Crippen molar-refractivity contribution in [1.29, 1.82) is 0 Å². The summed E-state index contributed by atoms with van der Waals surface area (Å²) in [6.45, 7) is 9.36. The van der Waals surface area contributed by atoms with E-state index in [0.29, 0.717) is 5.75 Å². The van der Waals surface area contributed by atoms with Crippen LogP contribution >= 0.6 is 0 Å². The highest BCUT2D eigenvalue weighted by Crippen LogP contribution is 2.19. The summed E-state index contributed by atoms with van der Waals surface area (Å²) in [5.74, 6) is 0.00716. The molecule has 4 heteroatoms. The lowest BCUT2D eigenvalue weighted by molar-refractivity contribution is -0.154. The fraction of sp³-hybridized carbons (Fsp3) is 0.533. The number of aryl methyl sites for hydroxylation is 2. The van der Waals surface area contributed by atoms with Crippen LogP contribution in [0.3, 0.4) is 0 Å². The van der Waals surface area contributed by atoms with Gasteiger partial charge in [0.2, 0.25) is 0 Å². The molecule has 3 nitrogen and oxygen atoms in total. The molecule has 19 heavy (non-hydrogen) atoms. The molecule has 1 unspecified atom stereocenters. The van der Waals surface area contributed by atoms with E-state index in [4.69, 9.17) is 4.74 Å². The van der Waals surface area contributed by atoms with Gasteiger partial charge in [0.15, 0.2) is 0 Å². The third-order valence-corrected chi connectivity index (χ3v) is 4.22. The zero-order chi connectivity index (χ0) is 14.6. The third-order valence-electron chi connectivity index (χ3n) is 2.55. The second-order valence-corrected chi connectivity index (χ2v) is 7.11. The molecular formula is C15H22O3S. The smallest absolute Gasteiger partial charge is 0.307 e. The van der Waals surface area contributed by atoms with E-state index in [2.05, 4.69) is 0 Å². The maximum absolute atomic E-state index is 12.3. The minimum atomic E-state index is -1.16. The molecule has 0 N–H and O–H groups in total. The largest absolute Gasteiger partial charge is 0.460 e. The predicted molar refractivity (Wildman–Crippen MR) is 77.7 cm³/mol. The van der Waals surface area contributed by atoms with Gasteiger partial charge in [0.1, 0.15) is 5.60 Å². The number of carbonyl (C=O) groups is 1. The van der Waals surface area contributed by atoms with Crippen LogP contribution in [0.1, 0.15) is 38.3 Å². The van der Waals surface area contributed by atoms with E-state index in [9.17, 15) is 9.00 Å². The highest BCUT2D eigenvalue weighted by Gasteiger charge is 2.18. The van der Waals surface area contributed by atoms with Gasteiger partial charge < -0.3 is 4.74 Å². The van der Waals surface area contributed by atoms with Crippen LogP contribution in [0.15, 0.2) is 23.1 Å². The summed E-state index contributed by atoms with van der Waals surface area (Å²) in [6.07, 6.45) is 0.178. The number of benzene rings is 1. The SMILES string of the molecule is Cc1cccc(C)c1S(=O)CCC(=O)OC(C)(C)C. The average molecular weight is 282 g/mol. The van der Waals surface area contributed by atoms with Gasteiger partial charge in [-0.2, -0.15) is 0 Å². The number of carbonyl (C=O) groups excluding carboxylic acids is 1. The lowest BCUT2D eigenvalue weighted by Gasteiger charge is -2.19. The van der Waals surface area contributed by atoms with Gasteiger partial charge in [-0.15, -0.1) is 0 Å². The minimum Gasteiger partial charge on any atom is -0.460 e. The van der Waals surface area contributed by atoms with Crippen LogP contribution in [-0.4, -0.2) is 21.5 Å². The van der Waals surface area contributed by atoms with Gasteiger partial charge in [-0.1, -0.05) is 18.2 Å². The molecule has 0 aromatic heterocycles. The fourth-order valence-electron chi connectivity index (χ4n) is 1.83. The molecule has 106 valence electrons. The van der Waals surface area contributed by atoms with E-state index in [1.54, 1.807) is 0 Å². The highest BCUT2D eigenvalue weighted by atomic mass is 32.2. The molecule has 0 amide bonds. The molecule has 1 aromatic carbocycles. The van der Waals surface area contributed by atoms with E-state index in [0.717, 1.165) is 16.0 Å². The fourth-order valence-corrected chi connectivity index (χ4v) is 3.24. The summed E-state index contributed by atoms with van der Waals surface area (Å²) in [5, 5.41) is 0. The van der Waals surface area contributed by atoms with Crippen LogP contribution in [0.4, 0.5) is 0 Å². The van der Waals surface area contributed by atoms with Gasteiger partial charge in [0.05, 0.1) is 17.2 Å². The van der Waals surface area contributed by atoms with Crippen molar-refractivity contribution in [2.45, 2.75) is 51.5 Å². The monoisotopic (exact) mass is 282 g/mol. The molecule has 0 fully saturated rings. The Hall–Kier alpha value is -1.16. The van der Waals surface area contributed by atoms with Crippen molar-refractivity contribution in [2.75, 3.05) is 5.75 Å². The number of rotatable bonds is 4. The first-order valence-electron chi connectivity index (χ1n) is 6.37. The molecule has 0 saturated carbocycles. The van der Waals surface area contributed by atoms with Crippen LogP contribution in [0, 0.1) is 13.8 Å². The Morgan fingerprint density at radius 1 is 1.21 bits per heavy atom. The summed E-state index contributed by atoms with van der Waals surface area (Å²) in [7, 11) is -1.16. The predicted octanol–water partition coefficient (Wildman–Crippen LogP) is 3.14. The minimum absolute atomic E-state index is 0.178.